The molecule has 3 aromatic rings. The van der Waals surface area contributed by atoms with Gasteiger partial charge in [-0.3, -0.25) is 0 Å². The average molecular weight is 389 g/mol. The highest BCUT2D eigenvalue weighted by Crippen LogP contribution is 2.46. The molecular formula is C22H23N5O2. The molecule has 2 aliphatic rings. The zero-order valence-corrected chi connectivity index (χ0v) is 16.4. The van der Waals surface area contributed by atoms with E-state index < -0.39 is 0 Å². The van der Waals surface area contributed by atoms with Gasteiger partial charge in [0.25, 0.3) is 6.02 Å². The predicted octanol–water partition coefficient (Wildman–Crippen LogP) is 3.80. The summed E-state index contributed by atoms with van der Waals surface area (Å²) < 4.78 is 12.3. The Kier molecular flexibility index (Phi) is 3.97. The number of ether oxygens (including phenoxy) is 2. The largest absolute Gasteiger partial charge is 0.487 e. The fraction of sp³-hybridized carbons (Fsp3) is 0.273. The highest BCUT2D eigenvalue weighted by Gasteiger charge is 2.36. The number of aromatic nitrogens is 2. The summed E-state index contributed by atoms with van der Waals surface area (Å²) in [6.45, 7) is 4.79. The number of rotatable bonds is 4. The first-order valence-corrected chi connectivity index (χ1v) is 9.66. The Morgan fingerprint density at radius 2 is 2.14 bits per heavy atom. The molecule has 1 atom stereocenters. The number of hydrogen-bond acceptors (Lipinski definition) is 6. The van der Waals surface area contributed by atoms with Gasteiger partial charge in [-0.05, 0) is 37.6 Å². The van der Waals surface area contributed by atoms with Crippen LogP contribution in [-0.4, -0.2) is 21.6 Å². The number of anilines is 1. The van der Waals surface area contributed by atoms with E-state index >= 15 is 0 Å². The standard InChI is InChI=1S/C22H23N5O2/c1-22(2)11-13-4-3-5-15(19(13)29-22)20-16-10-14(26-12-18-24-8-9-25-18)6-7-17(16)27-21(23)28-20/h3-10,20,26H,11-12H2,1-2H3,(H2,23,27)(H,24,25). The van der Waals surface area contributed by atoms with Gasteiger partial charge >= 0.3 is 0 Å². The molecule has 0 spiro atoms. The number of para-hydroxylation sites is 1. The van der Waals surface area contributed by atoms with E-state index in [-0.39, 0.29) is 17.7 Å². The van der Waals surface area contributed by atoms with Crippen LogP contribution in [0.5, 0.6) is 5.75 Å². The Morgan fingerprint density at radius 1 is 1.24 bits per heavy atom. The van der Waals surface area contributed by atoms with Crippen molar-refractivity contribution in [3.63, 3.8) is 0 Å². The summed E-state index contributed by atoms with van der Waals surface area (Å²) in [5.41, 5.74) is 10.6. The molecule has 29 heavy (non-hydrogen) atoms. The molecule has 0 saturated heterocycles. The monoisotopic (exact) mass is 389 g/mol. The molecule has 1 unspecified atom stereocenters. The number of aliphatic imine (C=N–C) groups is 1. The van der Waals surface area contributed by atoms with Gasteiger partial charge in [0.05, 0.1) is 12.2 Å². The second-order valence-electron chi connectivity index (χ2n) is 7.98. The van der Waals surface area contributed by atoms with Gasteiger partial charge in [-0.1, -0.05) is 18.2 Å². The van der Waals surface area contributed by atoms with Crippen molar-refractivity contribution in [1.29, 1.82) is 0 Å². The van der Waals surface area contributed by atoms with Crippen LogP contribution in [0.25, 0.3) is 0 Å². The topological polar surface area (TPSA) is 97.5 Å². The molecule has 2 aromatic carbocycles. The number of H-pyrrole nitrogens is 1. The second-order valence-corrected chi connectivity index (χ2v) is 7.98. The molecule has 5 rings (SSSR count). The van der Waals surface area contributed by atoms with Crippen LogP contribution >= 0.6 is 0 Å². The van der Waals surface area contributed by atoms with Crippen molar-refractivity contribution in [3.8, 4) is 5.75 Å². The highest BCUT2D eigenvalue weighted by molar-refractivity contribution is 5.80. The Labute approximate surface area is 169 Å². The first kappa shape index (κ1) is 17.6. The van der Waals surface area contributed by atoms with Gasteiger partial charge in [-0.25, -0.2) is 4.98 Å². The Hall–Kier alpha value is -3.48. The first-order valence-electron chi connectivity index (χ1n) is 9.66. The number of nitrogens with one attached hydrogen (secondary N) is 2. The number of imidazole rings is 1. The third-order valence-corrected chi connectivity index (χ3v) is 5.20. The van der Waals surface area contributed by atoms with Gasteiger partial charge in [-0.15, -0.1) is 0 Å². The molecular weight excluding hydrogens is 366 g/mol. The molecule has 3 heterocycles. The maximum atomic E-state index is 6.27. The van der Waals surface area contributed by atoms with Crippen LogP contribution in [0.1, 0.15) is 42.5 Å². The minimum Gasteiger partial charge on any atom is -0.487 e. The van der Waals surface area contributed by atoms with Crippen molar-refractivity contribution in [2.24, 2.45) is 10.7 Å². The third-order valence-electron chi connectivity index (χ3n) is 5.20. The van der Waals surface area contributed by atoms with Crippen LogP contribution in [-0.2, 0) is 17.7 Å². The Bertz CT molecular complexity index is 1090. The normalized spacial score (nSPS) is 18.8. The number of amidine groups is 1. The first-order chi connectivity index (χ1) is 14.0. The van der Waals surface area contributed by atoms with E-state index in [1.165, 1.54) is 5.56 Å². The van der Waals surface area contributed by atoms with Gasteiger partial charge in [0.2, 0.25) is 0 Å². The molecule has 148 valence electrons. The number of fused-ring (bicyclic) bond motifs is 2. The zero-order valence-electron chi connectivity index (χ0n) is 16.4. The molecule has 7 nitrogen and oxygen atoms in total. The minimum atomic E-state index is -0.378. The molecule has 7 heteroatoms. The molecule has 0 aliphatic carbocycles. The van der Waals surface area contributed by atoms with Gasteiger partial charge in [0.15, 0.2) is 6.10 Å². The van der Waals surface area contributed by atoms with Crippen molar-refractivity contribution < 1.29 is 9.47 Å². The number of aromatic amines is 1. The van der Waals surface area contributed by atoms with E-state index in [4.69, 9.17) is 15.2 Å². The smallest absolute Gasteiger partial charge is 0.288 e. The summed E-state index contributed by atoms with van der Waals surface area (Å²) >= 11 is 0. The summed E-state index contributed by atoms with van der Waals surface area (Å²) in [6, 6.07) is 12.3. The highest BCUT2D eigenvalue weighted by atomic mass is 16.5. The number of nitrogens with zero attached hydrogens (tertiary/aromatic N) is 2. The fourth-order valence-corrected chi connectivity index (χ4v) is 3.96. The van der Waals surface area contributed by atoms with Crippen LogP contribution in [0.3, 0.4) is 0 Å². The molecule has 2 aliphatic heterocycles. The van der Waals surface area contributed by atoms with E-state index in [1.807, 2.05) is 30.5 Å². The lowest BCUT2D eigenvalue weighted by Gasteiger charge is -2.27. The van der Waals surface area contributed by atoms with E-state index in [0.717, 1.165) is 40.5 Å². The summed E-state index contributed by atoms with van der Waals surface area (Å²) in [4.78, 5) is 11.7. The second kappa shape index (κ2) is 6.55. The SMILES string of the molecule is CC1(C)Cc2cccc(C3OC(N)=Nc4ccc(NCc5ncc[nH]5)cc43)c2O1. The van der Waals surface area contributed by atoms with Crippen molar-refractivity contribution in [2.75, 3.05) is 5.32 Å². The Morgan fingerprint density at radius 3 is 2.97 bits per heavy atom. The number of benzene rings is 2. The lowest BCUT2D eigenvalue weighted by molar-refractivity contribution is 0.132. The average Bonchev–Trinajstić information content (AvgIpc) is 3.31. The van der Waals surface area contributed by atoms with E-state index in [0.29, 0.717) is 6.54 Å². The van der Waals surface area contributed by atoms with Crippen LogP contribution in [0, 0.1) is 0 Å². The van der Waals surface area contributed by atoms with E-state index in [2.05, 4.69) is 46.3 Å². The van der Waals surface area contributed by atoms with Crippen molar-refractivity contribution in [3.05, 3.63) is 71.3 Å². The lowest BCUT2D eigenvalue weighted by atomic mass is 9.94. The molecule has 1 aromatic heterocycles. The van der Waals surface area contributed by atoms with Crippen molar-refractivity contribution in [1.82, 2.24) is 9.97 Å². The fourth-order valence-electron chi connectivity index (χ4n) is 3.96. The Balaban J connectivity index is 1.51. The lowest BCUT2D eigenvalue weighted by Crippen LogP contribution is -2.26. The molecule has 0 radical (unpaired) electrons. The molecule has 0 saturated carbocycles. The summed E-state index contributed by atoms with van der Waals surface area (Å²) in [6.07, 6.45) is 4.03. The van der Waals surface area contributed by atoms with Crippen LogP contribution in [0.2, 0.25) is 0 Å². The van der Waals surface area contributed by atoms with Crippen molar-refractivity contribution in [2.45, 2.75) is 38.5 Å². The molecule has 0 fully saturated rings. The van der Waals surface area contributed by atoms with Gasteiger partial charge < -0.3 is 25.5 Å². The minimum absolute atomic E-state index is 0.161. The summed E-state index contributed by atoms with van der Waals surface area (Å²) in [5.74, 6) is 1.76. The van der Waals surface area contributed by atoms with Crippen LogP contribution < -0.4 is 15.8 Å². The number of nitrogens with two attached hydrogens (primary N) is 1. The summed E-state index contributed by atoms with van der Waals surface area (Å²) in [7, 11) is 0. The zero-order chi connectivity index (χ0) is 20.0. The number of hydrogen-bond donors (Lipinski definition) is 3. The quantitative estimate of drug-likeness (QED) is 0.630. The van der Waals surface area contributed by atoms with Crippen LogP contribution in [0.15, 0.2) is 53.8 Å². The van der Waals surface area contributed by atoms with E-state index in [9.17, 15) is 0 Å². The molecule has 0 amide bonds. The van der Waals surface area contributed by atoms with Crippen molar-refractivity contribution >= 4 is 17.4 Å². The van der Waals surface area contributed by atoms with E-state index in [1.54, 1.807) is 6.20 Å². The van der Waals surface area contributed by atoms with Crippen LogP contribution in [0.4, 0.5) is 11.4 Å². The molecule has 4 N–H and O–H groups in total. The summed E-state index contributed by atoms with van der Waals surface area (Å²) in [5, 5.41) is 3.39. The van der Waals surface area contributed by atoms with Gasteiger partial charge in [-0.2, -0.15) is 4.99 Å². The van der Waals surface area contributed by atoms with Gasteiger partial charge in [0, 0.05) is 35.6 Å². The third kappa shape index (κ3) is 3.29. The predicted molar refractivity (Wildman–Crippen MR) is 111 cm³/mol. The maximum absolute atomic E-state index is 6.27. The molecule has 0 bridgehead atoms. The maximum Gasteiger partial charge on any atom is 0.288 e. The van der Waals surface area contributed by atoms with Gasteiger partial charge in [0.1, 0.15) is 17.2 Å².